The van der Waals surface area contributed by atoms with E-state index in [9.17, 15) is 19.2 Å². The summed E-state index contributed by atoms with van der Waals surface area (Å²) in [5.41, 5.74) is 27.0. The van der Waals surface area contributed by atoms with Gasteiger partial charge in [-0.05, 0) is 172 Å². The van der Waals surface area contributed by atoms with Crippen molar-refractivity contribution >= 4 is 90.5 Å². The average molecular weight is 1900 g/mol. The molecule has 0 bridgehead atoms. The number of anilines is 4. The van der Waals surface area contributed by atoms with Crippen molar-refractivity contribution in [3.05, 3.63) is 382 Å². The fourth-order valence-electron chi connectivity index (χ4n) is 16.4. The number of aryl methyl sites for hydroxylation is 4. The molecule has 0 radical (unpaired) electrons. The second-order valence-electron chi connectivity index (χ2n) is 33.9. The number of hydrogen-bond acceptors (Lipinski definition) is 21. The Balaban J connectivity index is 0.000000113. The summed E-state index contributed by atoms with van der Waals surface area (Å²) in [6.45, 7) is 7.75. The van der Waals surface area contributed by atoms with E-state index in [4.69, 9.17) is 4.98 Å². The summed E-state index contributed by atoms with van der Waals surface area (Å²) in [5, 5.41) is 42.7. The van der Waals surface area contributed by atoms with Gasteiger partial charge in [0.1, 0.15) is 72.1 Å². The summed E-state index contributed by atoms with van der Waals surface area (Å²) < 4.78 is 7.51. The summed E-state index contributed by atoms with van der Waals surface area (Å²) in [6, 6.07) is 79.3. The molecule has 0 aliphatic carbocycles. The monoisotopic (exact) mass is 1900 g/mol. The standard InChI is InChI=1S/C28H23N7O.C27H22N8O.2C26H21N9O/c1-18-16-35(17-30-18)28-23-15-25(32-24(23)11-12-29-28)20-7-9-21(10-8-20)31-27(36)14-22-13-26(34-33-22)19-5-3-2-4-6-19;1-17-14-35(16-30-17)27-22-13-23(32-26(22)28-15-29-27)19-7-9-20(10-8-19)31-25(36)12-21-11-24(34-33-21)18-5-3-2-4-6-18;1-16-14-35(15-29-16)26-24-21(8-11-28-26)31-25(32-24)18-2-4-19(5-3-18)30-23(36)13-20-12-22(34-33-20)17-6-9-27-10-7-17;1-16-13-35(15-29-16)26-23-25(27-14-28-26)32-24(31-23)18-7-9-19(10-8-18)30-22(36)12-20-11-21(34-33-20)17-5-3-2-4-6-17/h2-13,15-17,32H,14H2,1H3,(H,31,36)(H,33,34);2-11,13-16H,12H2,1H3,(H,31,36)(H,33,34)(H,28,29,32);2-12,14-15H,13H2,1H3,(H,30,36)(H,31,32)(H,33,34);2-11,13-15H,12H2,1H3,(H,30,36)(H,33,34)(H,27,28,31,32). The molecule has 0 saturated heterocycles. The third kappa shape index (κ3) is 20.8. The van der Waals surface area contributed by atoms with E-state index in [0.717, 1.165) is 192 Å². The van der Waals surface area contributed by atoms with Crippen LogP contribution in [0.15, 0.2) is 336 Å². The zero-order valence-electron chi connectivity index (χ0n) is 77.6. The van der Waals surface area contributed by atoms with Crippen LogP contribution in [-0.2, 0) is 44.9 Å². The molecular formula is C107H87N33O4. The zero-order valence-corrected chi connectivity index (χ0v) is 77.6. The van der Waals surface area contributed by atoms with Gasteiger partial charge >= 0.3 is 0 Å². The summed E-state index contributed by atoms with van der Waals surface area (Å²) >= 11 is 0. The van der Waals surface area contributed by atoms with Gasteiger partial charge in [0, 0.05) is 145 Å². The first-order valence-corrected chi connectivity index (χ1v) is 45.7. The molecule has 24 rings (SSSR count). The van der Waals surface area contributed by atoms with Crippen molar-refractivity contribution in [1.29, 1.82) is 0 Å². The number of H-pyrrole nitrogens is 8. The molecule has 704 valence electrons. The molecule has 0 aliphatic heterocycles. The van der Waals surface area contributed by atoms with E-state index in [0.29, 0.717) is 34.5 Å². The number of hydrogen-bond donors (Lipinski definition) is 12. The molecule has 144 heavy (non-hydrogen) atoms. The third-order valence-electron chi connectivity index (χ3n) is 23.4. The Morgan fingerprint density at radius 1 is 0.299 bits per heavy atom. The Labute approximate surface area is 818 Å². The van der Waals surface area contributed by atoms with Gasteiger partial charge in [0.05, 0.1) is 87.7 Å². The van der Waals surface area contributed by atoms with Crippen molar-refractivity contribution in [3.8, 4) is 114 Å². The second kappa shape index (κ2) is 40.6. The van der Waals surface area contributed by atoms with Crippen molar-refractivity contribution < 1.29 is 19.2 Å². The van der Waals surface area contributed by atoms with Gasteiger partial charge < -0.3 is 41.2 Å². The summed E-state index contributed by atoms with van der Waals surface area (Å²) in [7, 11) is 0. The highest BCUT2D eigenvalue weighted by molar-refractivity contribution is 5.97. The quantitative estimate of drug-likeness (QED) is 0.0267. The maximum Gasteiger partial charge on any atom is 0.230 e. The highest BCUT2D eigenvalue weighted by Gasteiger charge is 2.22. The Hall–Kier alpha value is -20.3. The van der Waals surface area contributed by atoms with E-state index < -0.39 is 0 Å². The van der Waals surface area contributed by atoms with Gasteiger partial charge in [-0.25, -0.2) is 59.8 Å². The number of aromatic nitrogens is 29. The molecule has 0 unspecified atom stereocenters. The molecule has 0 fully saturated rings. The van der Waals surface area contributed by atoms with Gasteiger partial charge in [-0.15, -0.1) is 0 Å². The molecule has 0 aliphatic rings. The summed E-state index contributed by atoms with van der Waals surface area (Å²) in [5.74, 6) is 3.86. The number of nitrogens with zero attached hydrogens (tertiary/aromatic N) is 21. The number of imidazole rings is 6. The fourth-order valence-corrected chi connectivity index (χ4v) is 16.4. The molecule has 17 heterocycles. The lowest BCUT2D eigenvalue weighted by Gasteiger charge is -2.05. The van der Waals surface area contributed by atoms with Crippen LogP contribution in [0, 0.1) is 27.7 Å². The van der Waals surface area contributed by atoms with Crippen LogP contribution in [0.2, 0.25) is 0 Å². The van der Waals surface area contributed by atoms with Crippen LogP contribution in [0.5, 0.6) is 0 Å². The number of rotatable bonds is 24. The molecule has 12 N–H and O–H groups in total. The molecule has 17 aromatic heterocycles. The van der Waals surface area contributed by atoms with Crippen LogP contribution in [-0.4, -0.2) is 167 Å². The predicted molar refractivity (Wildman–Crippen MR) is 548 cm³/mol. The van der Waals surface area contributed by atoms with Gasteiger partial charge in [-0.3, -0.25) is 62.8 Å². The average Bonchev–Trinajstić information content (AvgIpc) is 1.65. The SMILES string of the molecule is Cc1cn(-c2nccc3[nH]c(-c4ccc(NC(=O)Cc5cc(-c6ccccc6)n[nH]5)cc4)cc23)cn1.Cc1cn(-c2nccc3[nH]c(-c4ccc(NC(=O)Cc5cc(-c6ccncc6)n[nH]5)cc4)nc23)cn1.Cc1cn(-c2ncnc3[nH]c(-c4ccc(NC(=O)Cc5cc(-c6ccccc6)n[nH]5)cc4)cc23)cn1.Cc1cn(-c2ncnc3nc(-c4ccc(NC(=O)Cc5cc(-c6ccccc6)n[nH]5)cc4)[nH]c23)cn1. The van der Waals surface area contributed by atoms with E-state index in [1.165, 1.54) is 12.7 Å². The van der Waals surface area contributed by atoms with Gasteiger partial charge in [0.15, 0.2) is 23.1 Å². The third-order valence-corrected chi connectivity index (χ3v) is 23.4. The van der Waals surface area contributed by atoms with Gasteiger partial charge in [0.25, 0.3) is 0 Å². The van der Waals surface area contributed by atoms with E-state index in [1.807, 2.05) is 313 Å². The molecule has 4 amide bonds. The van der Waals surface area contributed by atoms with Crippen molar-refractivity contribution in [2.75, 3.05) is 21.3 Å². The van der Waals surface area contributed by atoms with Crippen LogP contribution < -0.4 is 21.3 Å². The molecule has 0 spiro atoms. The number of pyridine rings is 3. The minimum atomic E-state index is -0.136. The Kier molecular flexibility index (Phi) is 25.4. The Bertz CT molecular complexity index is 7650. The van der Waals surface area contributed by atoms with Crippen LogP contribution in [0.4, 0.5) is 22.7 Å². The topological polar surface area (TPSA) is 482 Å². The fraction of sp³-hybridized carbons (Fsp3) is 0.0748. The van der Waals surface area contributed by atoms with Crippen molar-refractivity contribution in [3.63, 3.8) is 0 Å². The van der Waals surface area contributed by atoms with Gasteiger partial charge in [0.2, 0.25) is 23.6 Å². The normalized spacial score (nSPS) is 11.1. The van der Waals surface area contributed by atoms with Crippen molar-refractivity contribution in [1.82, 2.24) is 144 Å². The molecule has 0 saturated carbocycles. The molecule has 7 aromatic carbocycles. The lowest BCUT2D eigenvalue weighted by Crippen LogP contribution is -2.14. The number of benzene rings is 7. The van der Waals surface area contributed by atoms with Crippen molar-refractivity contribution in [2.45, 2.75) is 53.4 Å². The van der Waals surface area contributed by atoms with Gasteiger partial charge in [-0.1, -0.05) is 115 Å². The lowest BCUT2D eigenvalue weighted by molar-refractivity contribution is -0.116. The van der Waals surface area contributed by atoms with E-state index >= 15 is 0 Å². The number of fused-ring (bicyclic) bond motifs is 4. The van der Waals surface area contributed by atoms with Crippen LogP contribution >= 0.6 is 0 Å². The van der Waals surface area contributed by atoms with Gasteiger partial charge in [-0.2, -0.15) is 20.4 Å². The number of carbonyl (C=O) groups excluding carboxylic acids is 4. The molecule has 0 atom stereocenters. The maximum atomic E-state index is 12.6. The first kappa shape index (κ1) is 90.2. The maximum absolute atomic E-state index is 12.6. The van der Waals surface area contributed by atoms with Crippen LogP contribution in [0.3, 0.4) is 0 Å². The molecule has 37 heteroatoms. The second-order valence-corrected chi connectivity index (χ2v) is 33.9. The van der Waals surface area contributed by atoms with Crippen LogP contribution in [0.1, 0.15) is 45.6 Å². The number of carbonyl (C=O) groups is 4. The minimum Gasteiger partial charge on any atom is -0.354 e. The summed E-state index contributed by atoms with van der Waals surface area (Å²) in [6.07, 6.45) is 25.4. The molecule has 24 aromatic rings. The highest BCUT2D eigenvalue weighted by atomic mass is 16.2. The first-order valence-electron chi connectivity index (χ1n) is 45.7. The van der Waals surface area contributed by atoms with E-state index in [2.05, 4.69) is 148 Å². The minimum absolute atomic E-state index is 0.108. The lowest BCUT2D eigenvalue weighted by atomic mass is 10.1. The van der Waals surface area contributed by atoms with E-state index in [1.54, 1.807) is 50.1 Å². The first-order chi connectivity index (χ1) is 70.5. The Morgan fingerprint density at radius 3 is 1.09 bits per heavy atom. The smallest absolute Gasteiger partial charge is 0.230 e. The highest BCUT2D eigenvalue weighted by Crippen LogP contribution is 2.34. The zero-order chi connectivity index (χ0) is 97.9. The number of amides is 4. The van der Waals surface area contributed by atoms with E-state index in [-0.39, 0.29) is 49.3 Å². The number of aromatic amines is 8. The summed E-state index contributed by atoms with van der Waals surface area (Å²) in [4.78, 5) is 121. The molecule has 37 nitrogen and oxygen atoms in total. The van der Waals surface area contributed by atoms with Crippen molar-refractivity contribution in [2.24, 2.45) is 0 Å². The molecular weight excluding hydrogens is 1810 g/mol. The van der Waals surface area contributed by atoms with Crippen LogP contribution in [0.25, 0.3) is 158 Å². The predicted octanol–water partition coefficient (Wildman–Crippen LogP) is 18.2. The Morgan fingerprint density at radius 2 is 0.660 bits per heavy atom. The largest absolute Gasteiger partial charge is 0.354 e. The number of nitrogens with one attached hydrogen (secondary N) is 12.